The molecule has 0 saturated carbocycles. The van der Waals surface area contributed by atoms with Gasteiger partial charge in [0.05, 0.1) is 13.2 Å². The van der Waals surface area contributed by atoms with Crippen molar-refractivity contribution in [1.29, 1.82) is 0 Å². The molecule has 0 spiro atoms. The van der Waals surface area contributed by atoms with E-state index in [1.165, 1.54) is 0 Å². The third kappa shape index (κ3) is 3.86. The molecule has 0 aliphatic carbocycles. The van der Waals surface area contributed by atoms with Gasteiger partial charge in [-0.3, -0.25) is 0 Å². The number of thioether (sulfide) groups is 1. The van der Waals surface area contributed by atoms with Gasteiger partial charge in [0.25, 0.3) is 0 Å². The number of ether oxygens (including phenoxy) is 3. The molecule has 142 valence electrons. The van der Waals surface area contributed by atoms with E-state index in [1.807, 2.05) is 0 Å². The Kier molecular flexibility index (Phi) is 7.22. The molecule has 11 heteroatoms. The van der Waals surface area contributed by atoms with Crippen molar-refractivity contribution in [3.63, 3.8) is 0 Å². The van der Waals surface area contributed by atoms with Gasteiger partial charge in [0.1, 0.15) is 54.3 Å². The molecule has 0 radical (unpaired) electrons. The zero-order valence-electron chi connectivity index (χ0n) is 13.0. The lowest BCUT2D eigenvalue weighted by Gasteiger charge is -2.45. The van der Waals surface area contributed by atoms with Crippen molar-refractivity contribution in [2.24, 2.45) is 0 Å². The van der Waals surface area contributed by atoms with Crippen LogP contribution in [0.25, 0.3) is 0 Å². The fraction of sp³-hybridized carbons (Fsp3) is 1.00. The normalized spacial score (nSPS) is 50.0. The van der Waals surface area contributed by atoms with E-state index in [1.54, 1.807) is 6.26 Å². The van der Waals surface area contributed by atoms with Gasteiger partial charge in [-0.15, -0.1) is 11.8 Å². The fourth-order valence-electron chi connectivity index (χ4n) is 2.75. The van der Waals surface area contributed by atoms with Gasteiger partial charge in [0.2, 0.25) is 0 Å². The van der Waals surface area contributed by atoms with E-state index in [2.05, 4.69) is 0 Å². The third-order valence-corrected chi connectivity index (χ3v) is 5.05. The van der Waals surface area contributed by atoms with Crippen molar-refractivity contribution in [1.82, 2.24) is 0 Å². The molecule has 2 aliphatic rings. The minimum Gasteiger partial charge on any atom is -0.394 e. The lowest BCUT2D eigenvalue weighted by Crippen LogP contribution is -2.64. The van der Waals surface area contributed by atoms with E-state index in [0.717, 1.165) is 11.8 Å². The molecule has 7 N–H and O–H groups in total. The van der Waals surface area contributed by atoms with Crippen LogP contribution >= 0.6 is 11.8 Å². The summed E-state index contributed by atoms with van der Waals surface area (Å²) < 4.78 is 16.0. The van der Waals surface area contributed by atoms with E-state index in [4.69, 9.17) is 19.3 Å². The summed E-state index contributed by atoms with van der Waals surface area (Å²) >= 11 is 1.14. The highest BCUT2D eigenvalue weighted by molar-refractivity contribution is 7.99. The summed E-state index contributed by atoms with van der Waals surface area (Å²) in [5.74, 6) is 0. The van der Waals surface area contributed by atoms with Crippen LogP contribution in [0.5, 0.6) is 0 Å². The number of hydrogen-bond acceptors (Lipinski definition) is 11. The maximum Gasteiger partial charge on any atom is 0.187 e. The van der Waals surface area contributed by atoms with Crippen molar-refractivity contribution in [2.45, 2.75) is 60.6 Å². The van der Waals surface area contributed by atoms with Gasteiger partial charge in [-0.05, 0) is 6.26 Å². The average Bonchev–Trinajstić information content (AvgIpc) is 2.59. The topological polar surface area (TPSA) is 169 Å². The first-order valence-electron chi connectivity index (χ1n) is 7.46. The Balaban J connectivity index is 2.12. The molecule has 0 aromatic heterocycles. The molecular formula is C13H24O10S. The molecule has 2 fully saturated rings. The molecule has 2 rings (SSSR count). The average molecular weight is 372 g/mol. The monoisotopic (exact) mass is 372 g/mol. The van der Waals surface area contributed by atoms with E-state index in [-0.39, 0.29) is 0 Å². The number of rotatable bonds is 5. The lowest BCUT2D eigenvalue weighted by molar-refractivity contribution is -0.338. The summed E-state index contributed by atoms with van der Waals surface area (Å²) in [6.45, 7) is -1.15. The van der Waals surface area contributed by atoms with Crippen LogP contribution in [0.3, 0.4) is 0 Å². The molecule has 0 bridgehead atoms. The SMILES string of the molecule is CSC1OC(CO)C(OC2OC(CO)C(O)C(O)C2O)C(O)C1O. The first kappa shape index (κ1) is 20.3. The van der Waals surface area contributed by atoms with Crippen molar-refractivity contribution < 1.29 is 50.0 Å². The van der Waals surface area contributed by atoms with Gasteiger partial charge in [0.15, 0.2) is 6.29 Å². The molecule has 0 amide bonds. The van der Waals surface area contributed by atoms with Crippen LogP contribution in [-0.4, -0.2) is 116 Å². The molecule has 0 aromatic carbocycles. The molecule has 24 heavy (non-hydrogen) atoms. The number of aliphatic hydroxyl groups excluding tert-OH is 7. The summed E-state index contributed by atoms with van der Waals surface area (Å²) in [6.07, 6.45) is -10.9. The van der Waals surface area contributed by atoms with Crippen molar-refractivity contribution >= 4 is 11.8 Å². The summed E-state index contributed by atoms with van der Waals surface area (Å²) in [6, 6.07) is 0. The quantitative estimate of drug-likeness (QED) is 0.251. The van der Waals surface area contributed by atoms with Gasteiger partial charge in [-0.1, -0.05) is 0 Å². The molecule has 2 saturated heterocycles. The van der Waals surface area contributed by atoms with Crippen LogP contribution in [0.1, 0.15) is 0 Å². The van der Waals surface area contributed by atoms with Crippen LogP contribution in [0, 0.1) is 0 Å². The molecule has 10 atom stereocenters. The summed E-state index contributed by atoms with van der Waals surface area (Å²) in [5, 5.41) is 68.3. The molecule has 2 aliphatic heterocycles. The molecule has 10 unspecified atom stereocenters. The van der Waals surface area contributed by atoms with Gasteiger partial charge in [-0.25, -0.2) is 0 Å². The summed E-state index contributed by atoms with van der Waals surface area (Å²) in [5.41, 5.74) is -0.771. The van der Waals surface area contributed by atoms with Gasteiger partial charge < -0.3 is 50.0 Å². The standard InChI is InChI=1S/C13H24O10S/c1-24-13-10(20)8(18)11(5(3-15)22-13)23-12-9(19)7(17)6(16)4(2-14)21-12/h4-20H,2-3H2,1H3. The van der Waals surface area contributed by atoms with Crippen LogP contribution < -0.4 is 0 Å². The molecule has 10 nitrogen and oxygen atoms in total. The second kappa shape index (κ2) is 8.56. The molecule has 2 heterocycles. The second-order valence-electron chi connectivity index (χ2n) is 5.74. The summed E-state index contributed by atoms with van der Waals surface area (Å²) in [4.78, 5) is 0. The van der Waals surface area contributed by atoms with Crippen molar-refractivity contribution in [3.05, 3.63) is 0 Å². The minimum atomic E-state index is -1.66. The zero-order chi connectivity index (χ0) is 18.0. The van der Waals surface area contributed by atoms with Crippen LogP contribution in [0.4, 0.5) is 0 Å². The largest absolute Gasteiger partial charge is 0.394 e. The maximum absolute atomic E-state index is 10.2. The highest BCUT2D eigenvalue weighted by atomic mass is 32.2. The lowest BCUT2D eigenvalue weighted by atomic mass is 9.97. The predicted octanol–water partition coefficient (Wildman–Crippen LogP) is -4.03. The second-order valence-corrected chi connectivity index (χ2v) is 6.68. The predicted molar refractivity (Wildman–Crippen MR) is 79.9 cm³/mol. The smallest absolute Gasteiger partial charge is 0.187 e. The van der Waals surface area contributed by atoms with Crippen LogP contribution in [-0.2, 0) is 14.2 Å². The molecular weight excluding hydrogens is 348 g/mol. The highest BCUT2D eigenvalue weighted by Gasteiger charge is 2.50. The first-order valence-corrected chi connectivity index (χ1v) is 8.75. The van der Waals surface area contributed by atoms with Crippen molar-refractivity contribution in [3.8, 4) is 0 Å². The maximum atomic E-state index is 10.2. The fourth-order valence-corrected chi connectivity index (χ4v) is 3.44. The van der Waals surface area contributed by atoms with E-state index < -0.39 is 73.8 Å². The molecule has 0 aromatic rings. The van der Waals surface area contributed by atoms with Gasteiger partial charge in [0, 0.05) is 0 Å². The summed E-state index contributed by atoms with van der Waals surface area (Å²) in [7, 11) is 0. The number of aliphatic hydroxyl groups is 7. The zero-order valence-corrected chi connectivity index (χ0v) is 13.8. The minimum absolute atomic E-state index is 0.525. The third-order valence-electron chi connectivity index (χ3n) is 4.19. The Bertz CT molecular complexity index is 397. The van der Waals surface area contributed by atoms with E-state index >= 15 is 0 Å². The van der Waals surface area contributed by atoms with Crippen LogP contribution in [0.15, 0.2) is 0 Å². The van der Waals surface area contributed by atoms with Gasteiger partial charge >= 0.3 is 0 Å². The Morgan fingerprint density at radius 2 is 1.42 bits per heavy atom. The van der Waals surface area contributed by atoms with E-state index in [9.17, 15) is 30.6 Å². The Labute approximate surface area is 142 Å². The van der Waals surface area contributed by atoms with E-state index in [0.29, 0.717) is 0 Å². The Hall–Kier alpha value is -0.0500. The highest BCUT2D eigenvalue weighted by Crippen LogP contribution is 2.31. The van der Waals surface area contributed by atoms with Crippen LogP contribution in [0.2, 0.25) is 0 Å². The van der Waals surface area contributed by atoms with Crippen molar-refractivity contribution in [2.75, 3.05) is 19.5 Å². The number of hydrogen-bond donors (Lipinski definition) is 7. The Morgan fingerprint density at radius 1 is 0.792 bits per heavy atom. The first-order chi connectivity index (χ1) is 11.3. The van der Waals surface area contributed by atoms with Gasteiger partial charge in [-0.2, -0.15) is 0 Å². The Morgan fingerprint density at radius 3 is 1.96 bits per heavy atom.